The highest BCUT2D eigenvalue weighted by atomic mass is 16.5. The minimum absolute atomic E-state index is 0.00328. The van der Waals surface area contributed by atoms with Gasteiger partial charge in [-0.2, -0.15) is 0 Å². The Morgan fingerprint density at radius 2 is 2.00 bits per heavy atom. The van der Waals surface area contributed by atoms with E-state index in [9.17, 15) is 4.79 Å². The molecule has 1 fully saturated rings. The summed E-state index contributed by atoms with van der Waals surface area (Å²) < 4.78 is 5.61. The van der Waals surface area contributed by atoms with Crippen molar-refractivity contribution < 1.29 is 9.53 Å². The minimum atomic E-state index is -0.00328. The first-order valence-corrected chi connectivity index (χ1v) is 6.77. The van der Waals surface area contributed by atoms with E-state index in [1.54, 1.807) is 0 Å². The highest BCUT2D eigenvalue weighted by molar-refractivity contribution is 5.72. The van der Waals surface area contributed by atoms with Crippen molar-refractivity contribution in [2.45, 2.75) is 65.9 Å². The van der Waals surface area contributed by atoms with Gasteiger partial charge in [0.05, 0.1) is 5.92 Å². The number of rotatable bonds is 4. The van der Waals surface area contributed by atoms with E-state index < -0.39 is 0 Å². The van der Waals surface area contributed by atoms with Gasteiger partial charge in [0.1, 0.15) is 6.10 Å². The molecule has 16 heavy (non-hydrogen) atoms. The van der Waals surface area contributed by atoms with Gasteiger partial charge in [-0.15, -0.1) is 0 Å². The molecule has 2 heteroatoms. The number of ether oxygens (including phenoxy) is 1. The van der Waals surface area contributed by atoms with Crippen molar-refractivity contribution in [3.05, 3.63) is 0 Å². The van der Waals surface area contributed by atoms with E-state index in [2.05, 4.69) is 13.8 Å². The number of hydrogen-bond donors (Lipinski definition) is 0. The van der Waals surface area contributed by atoms with Crippen LogP contribution in [0, 0.1) is 17.8 Å². The van der Waals surface area contributed by atoms with E-state index in [1.165, 1.54) is 12.8 Å². The lowest BCUT2D eigenvalue weighted by Crippen LogP contribution is -2.31. The largest absolute Gasteiger partial charge is 0.462 e. The summed E-state index contributed by atoms with van der Waals surface area (Å²) in [7, 11) is 0. The first kappa shape index (κ1) is 13.5. The normalized spacial score (nSPS) is 32.1. The van der Waals surface area contributed by atoms with Crippen LogP contribution in [-0.2, 0) is 9.53 Å². The van der Waals surface area contributed by atoms with Crippen LogP contribution in [-0.4, -0.2) is 12.1 Å². The summed E-state index contributed by atoms with van der Waals surface area (Å²) >= 11 is 0. The van der Waals surface area contributed by atoms with Crippen molar-refractivity contribution in [3.63, 3.8) is 0 Å². The molecular weight excluding hydrogens is 200 g/mol. The summed E-state index contributed by atoms with van der Waals surface area (Å²) in [5.74, 6) is 1.50. The predicted molar refractivity (Wildman–Crippen MR) is 66.1 cm³/mol. The summed E-state index contributed by atoms with van der Waals surface area (Å²) in [6, 6.07) is 0. The van der Waals surface area contributed by atoms with Gasteiger partial charge in [0, 0.05) is 0 Å². The molecule has 0 amide bonds. The fourth-order valence-electron chi connectivity index (χ4n) is 2.55. The van der Waals surface area contributed by atoms with E-state index in [-0.39, 0.29) is 18.0 Å². The zero-order valence-electron chi connectivity index (χ0n) is 11.2. The fraction of sp³-hybridized carbons (Fsp3) is 0.929. The zero-order chi connectivity index (χ0) is 12.1. The van der Waals surface area contributed by atoms with Crippen molar-refractivity contribution in [2.24, 2.45) is 17.8 Å². The molecule has 0 aromatic heterocycles. The van der Waals surface area contributed by atoms with Gasteiger partial charge >= 0.3 is 5.97 Å². The highest BCUT2D eigenvalue weighted by Crippen LogP contribution is 2.32. The van der Waals surface area contributed by atoms with Crippen LogP contribution in [0.25, 0.3) is 0 Å². The predicted octanol–water partition coefficient (Wildman–Crippen LogP) is 3.79. The molecule has 0 bridgehead atoms. The Hall–Kier alpha value is -0.530. The van der Waals surface area contributed by atoms with E-state index in [1.807, 2.05) is 13.8 Å². The van der Waals surface area contributed by atoms with E-state index in [0.29, 0.717) is 5.92 Å². The van der Waals surface area contributed by atoms with Crippen LogP contribution < -0.4 is 0 Å². The van der Waals surface area contributed by atoms with Crippen LogP contribution in [0.3, 0.4) is 0 Å². The number of esters is 1. The highest BCUT2D eigenvalue weighted by Gasteiger charge is 2.28. The molecule has 94 valence electrons. The molecule has 0 aromatic carbocycles. The lowest BCUT2D eigenvalue weighted by Gasteiger charge is -2.33. The van der Waals surface area contributed by atoms with Crippen molar-refractivity contribution in [3.8, 4) is 0 Å². The van der Waals surface area contributed by atoms with Crippen molar-refractivity contribution in [2.75, 3.05) is 0 Å². The second-order valence-electron chi connectivity index (χ2n) is 5.45. The second kappa shape index (κ2) is 6.27. The maximum absolute atomic E-state index is 11.7. The van der Waals surface area contributed by atoms with E-state index >= 15 is 0 Å². The lowest BCUT2D eigenvalue weighted by atomic mass is 9.79. The average molecular weight is 226 g/mol. The van der Waals surface area contributed by atoms with E-state index in [4.69, 9.17) is 4.74 Å². The molecule has 0 heterocycles. The van der Waals surface area contributed by atoms with Crippen LogP contribution >= 0.6 is 0 Å². The van der Waals surface area contributed by atoms with Gasteiger partial charge in [-0.05, 0) is 37.5 Å². The monoisotopic (exact) mass is 226 g/mol. The van der Waals surface area contributed by atoms with Crippen molar-refractivity contribution >= 4 is 5.97 Å². The molecule has 0 spiro atoms. The molecule has 0 radical (unpaired) electrons. The molecule has 1 aliphatic carbocycles. The van der Waals surface area contributed by atoms with Gasteiger partial charge in [0.15, 0.2) is 0 Å². The first-order chi connectivity index (χ1) is 7.56. The van der Waals surface area contributed by atoms with Crippen LogP contribution in [0.1, 0.15) is 59.8 Å². The molecule has 1 saturated carbocycles. The second-order valence-corrected chi connectivity index (χ2v) is 5.45. The average Bonchev–Trinajstić information content (AvgIpc) is 2.26. The third kappa shape index (κ3) is 3.80. The Kier molecular flexibility index (Phi) is 5.30. The van der Waals surface area contributed by atoms with Crippen molar-refractivity contribution in [1.82, 2.24) is 0 Å². The van der Waals surface area contributed by atoms with Gasteiger partial charge in [0.2, 0.25) is 0 Å². The zero-order valence-corrected chi connectivity index (χ0v) is 11.2. The van der Waals surface area contributed by atoms with E-state index in [0.717, 1.165) is 25.2 Å². The quantitative estimate of drug-likeness (QED) is 0.682. The third-order valence-electron chi connectivity index (χ3n) is 3.87. The van der Waals surface area contributed by atoms with Crippen LogP contribution in [0.15, 0.2) is 0 Å². The van der Waals surface area contributed by atoms with Gasteiger partial charge in [-0.25, -0.2) is 0 Å². The Morgan fingerprint density at radius 1 is 1.31 bits per heavy atom. The van der Waals surface area contributed by atoms with Gasteiger partial charge in [-0.1, -0.05) is 34.1 Å². The maximum Gasteiger partial charge on any atom is 0.308 e. The SMILES string of the molecule is CCC1CC(C)CC(OC(=O)C(C)CC)C1. The number of hydrogen-bond acceptors (Lipinski definition) is 2. The molecule has 4 atom stereocenters. The van der Waals surface area contributed by atoms with Gasteiger partial charge in [-0.3, -0.25) is 4.79 Å². The molecule has 4 unspecified atom stereocenters. The summed E-state index contributed by atoms with van der Waals surface area (Å²) in [5, 5.41) is 0. The van der Waals surface area contributed by atoms with Crippen LogP contribution in [0.2, 0.25) is 0 Å². The van der Waals surface area contributed by atoms with Crippen LogP contribution in [0.5, 0.6) is 0 Å². The molecule has 1 aliphatic rings. The summed E-state index contributed by atoms with van der Waals surface area (Å²) in [6.45, 7) is 8.48. The summed E-state index contributed by atoms with van der Waals surface area (Å²) in [4.78, 5) is 11.7. The molecule has 0 aliphatic heterocycles. The van der Waals surface area contributed by atoms with Crippen molar-refractivity contribution in [1.29, 1.82) is 0 Å². The Morgan fingerprint density at radius 3 is 2.56 bits per heavy atom. The molecule has 0 N–H and O–H groups in total. The molecule has 2 nitrogen and oxygen atoms in total. The number of carbonyl (C=O) groups is 1. The standard InChI is InChI=1S/C14H26O2/c1-5-11(4)14(15)16-13-8-10(3)7-12(6-2)9-13/h10-13H,5-9H2,1-4H3. The lowest BCUT2D eigenvalue weighted by molar-refractivity contribution is -0.156. The molecule has 0 saturated heterocycles. The number of carbonyl (C=O) groups excluding carboxylic acids is 1. The fourth-order valence-corrected chi connectivity index (χ4v) is 2.55. The summed E-state index contributed by atoms with van der Waals surface area (Å²) in [5.41, 5.74) is 0. The maximum atomic E-state index is 11.7. The van der Waals surface area contributed by atoms with Gasteiger partial charge in [0.25, 0.3) is 0 Å². The van der Waals surface area contributed by atoms with Crippen LogP contribution in [0.4, 0.5) is 0 Å². The first-order valence-electron chi connectivity index (χ1n) is 6.77. The molecule has 0 aromatic rings. The van der Waals surface area contributed by atoms with Gasteiger partial charge < -0.3 is 4.74 Å². The third-order valence-corrected chi connectivity index (χ3v) is 3.87. The molecular formula is C14H26O2. The Balaban J connectivity index is 2.44. The summed E-state index contributed by atoms with van der Waals surface area (Å²) in [6.07, 6.45) is 5.69. The molecule has 1 rings (SSSR count). The topological polar surface area (TPSA) is 26.3 Å². The Labute approximate surface area is 99.8 Å². The minimum Gasteiger partial charge on any atom is -0.462 e. The smallest absolute Gasteiger partial charge is 0.308 e. The Bertz CT molecular complexity index is 225.